The average molecular weight is 274 g/mol. The number of nitrogens with one attached hydrogen (secondary N) is 1. The lowest BCUT2D eigenvalue weighted by Gasteiger charge is -2.28. The van der Waals surface area contributed by atoms with Gasteiger partial charge in [0.25, 0.3) is 0 Å². The molecule has 0 spiro atoms. The van der Waals surface area contributed by atoms with Gasteiger partial charge in [-0.25, -0.2) is 0 Å². The summed E-state index contributed by atoms with van der Waals surface area (Å²) in [7, 11) is 0. The molecule has 1 aliphatic rings. The number of carbonyl (C=O) groups is 1. The lowest BCUT2D eigenvalue weighted by Crippen LogP contribution is -2.43. The Labute approximate surface area is 117 Å². The molecule has 1 aliphatic carbocycles. The third-order valence-electron chi connectivity index (χ3n) is 3.33. The van der Waals surface area contributed by atoms with Crippen LogP contribution in [0.25, 0.3) is 0 Å². The van der Waals surface area contributed by atoms with Gasteiger partial charge in [-0.1, -0.05) is 50.3 Å². The van der Waals surface area contributed by atoms with Crippen molar-refractivity contribution in [2.45, 2.75) is 32.9 Å². The van der Waals surface area contributed by atoms with Gasteiger partial charge in [-0.05, 0) is 11.0 Å². The van der Waals surface area contributed by atoms with E-state index in [0.29, 0.717) is 12.2 Å². The Morgan fingerprint density at radius 2 is 2.00 bits per heavy atom. The molecule has 1 N–H and O–H groups in total. The van der Waals surface area contributed by atoms with E-state index in [0.717, 1.165) is 5.56 Å². The summed E-state index contributed by atoms with van der Waals surface area (Å²) < 4.78 is 0. The number of nitro groups is 1. The third kappa shape index (κ3) is 3.23. The minimum atomic E-state index is -1.26. The van der Waals surface area contributed by atoms with Crippen LogP contribution in [-0.2, 0) is 11.3 Å². The Bertz CT molecular complexity index is 549. The molecule has 0 bridgehead atoms. The molecule has 20 heavy (non-hydrogen) atoms. The fourth-order valence-corrected chi connectivity index (χ4v) is 2.45. The minimum Gasteiger partial charge on any atom is -0.379 e. The number of benzene rings is 1. The van der Waals surface area contributed by atoms with Gasteiger partial charge in [-0.2, -0.15) is 0 Å². The normalized spacial score (nSPS) is 21.2. The van der Waals surface area contributed by atoms with Crippen LogP contribution in [0.5, 0.6) is 0 Å². The summed E-state index contributed by atoms with van der Waals surface area (Å²) >= 11 is 0. The molecule has 0 aliphatic heterocycles. The lowest BCUT2D eigenvalue weighted by molar-refractivity contribution is -0.499. The first-order valence-corrected chi connectivity index (χ1v) is 6.56. The molecule has 2 rings (SSSR count). The zero-order chi connectivity index (χ0) is 14.8. The Hall–Kier alpha value is -2.17. The smallest absolute Gasteiger partial charge is 0.309 e. The maximum absolute atomic E-state index is 12.0. The highest BCUT2D eigenvalue weighted by molar-refractivity contribution is 5.87. The van der Waals surface area contributed by atoms with Crippen LogP contribution in [0, 0.1) is 15.5 Å². The molecular formula is C15H18N2O3. The monoisotopic (exact) mass is 274 g/mol. The first kappa shape index (κ1) is 14.2. The van der Waals surface area contributed by atoms with Crippen molar-refractivity contribution in [3.05, 3.63) is 57.8 Å². The molecule has 0 unspecified atom stereocenters. The molecule has 0 amide bonds. The van der Waals surface area contributed by atoms with Crippen LogP contribution in [0.3, 0.4) is 0 Å². The second-order valence-electron chi connectivity index (χ2n) is 5.76. The average Bonchev–Trinajstić information content (AvgIpc) is 2.35. The number of hydrogen-bond donors (Lipinski definition) is 1. The molecule has 1 aromatic carbocycles. The third-order valence-corrected chi connectivity index (χ3v) is 3.33. The quantitative estimate of drug-likeness (QED) is 0.675. The summed E-state index contributed by atoms with van der Waals surface area (Å²) in [5.74, 6) is -0.335. The van der Waals surface area contributed by atoms with Gasteiger partial charge < -0.3 is 5.32 Å². The molecule has 0 fully saturated rings. The molecule has 0 aromatic heterocycles. The van der Waals surface area contributed by atoms with Gasteiger partial charge in [0, 0.05) is 17.9 Å². The zero-order valence-corrected chi connectivity index (χ0v) is 11.6. The van der Waals surface area contributed by atoms with Crippen molar-refractivity contribution >= 4 is 5.78 Å². The first-order chi connectivity index (χ1) is 9.39. The number of nitrogens with zero attached hydrogens (tertiary/aromatic N) is 1. The SMILES string of the molecule is CC1(C)C=C(NCc2ccccc2)[C@H]([N+](=O)[O-])C(=O)C1. The summed E-state index contributed by atoms with van der Waals surface area (Å²) in [4.78, 5) is 22.5. The Morgan fingerprint density at radius 3 is 2.60 bits per heavy atom. The number of hydrogen-bond acceptors (Lipinski definition) is 4. The van der Waals surface area contributed by atoms with Crippen LogP contribution in [0.1, 0.15) is 25.8 Å². The highest BCUT2D eigenvalue weighted by Gasteiger charge is 2.41. The molecule has 5 nitrogen and oxygen atoms in total. The maximum atomic E-state index is 12.0. The second-order valence-corrected chi connectivity index (χ2v) is 5.76. The molecule has 0 saturated carbocycles. The summed E-state index contributed by atoms with van der Waals surface area (Å²) in [6.45, 7) is 4.29. The van der Waals surface area contributed by atoms with Gasteiger partial charge in [0.2, 0.25) is 5.78 Å². The van der Waals surface area contributed by atoms with Crippen molar-refractivity contribution in [3.63, 3.8) is 0 Å². The van der Waals surface area contributed by atoms with E-state index in [1.54, 1.807) is 0 Å². The topological polar surface area (TPSA) is 72.2 Å². The number of ketones is 1. The molecule has 0 radical (unpaired) electrons. The van der Waals surface area contributed by atoms with Crippen molar-refractivity contribution in [1.82, 2.24) is 5.32 Å². The van der Waals surface area contributed by atoms with Crippen LogP contribution in [0.15, 0.2) is 42.1 Å². The summed E-state index contributed by atoms with van der Waals surface area (Å²) in [5.41, 5.74) is 1.08. The van der Waals surface area contributed by atoms with Crippen molar-refractivity contribution < 1.29 is 9.72 Å². The number of Topliss-reactive ketones (excluding diaryl/α,β-unsaturated/α-hetero) is 1. The standard InChI is InChI=1S/C15H18N2O3/c1-15(2)8-12(14(17(19)20)13(18)9-15)16-10-11-6-4-3-5-7-11/h3-8,14,16H,9-10H2,1-2H3/t14-/m0/s1. The van der Waals surface area contributed by atoms with E-state index in [4.69, 9.17) is 0 Å². The highest BCUT2D eigenvalue weighted by Crippen LogP contribution is 2.31. The summed E-state index contributed by atoms with van der Waals surface area (Å²) in [6.07, 6.45) is 2.01. The van der Waals surface area contributed by atoms with E-state index in [9.17, 15) is 14.9 Å². The molecular weight excluding hydrogens is 256 g/mol. The molecule has 106 valence electrons. The predicted octanol–water partition coefficient (Wildman–Crippen LogP) is 2.30. The van der Waals surface area contributed by atoms with Gasteiger partial charge in [-0.15, -0.1) is 0 Å². The molecule has 0 heterocycles. The van der Waals surface area contributed by atoms with E-state index in [1.807, 2.05) is 50.3 Å². The Morgan fingerprint density at radius 1 is 1.35 bits per heavy atom. The van der Waals surface area contributed by atoms with Crippen molar-refractivity contribution in [3.8, 4) is 0 Å². The zero-order valence-electron chi connectivity index (χ0n) is 11.6. The van der Waals surface area contributed by atoms with Gasteiger partial charge >= 0.3 is 6.04 Å². The first-order valence-electron chi connectivity index (χ1n) is 6.56. The summed E-state index contributed by atoms with van der Waals surface area (Å²) in [5, 5.41) is 14.2. The molecule has 1 aromatic rings. The fourth-order valence-electron chi connectivity index (χ4n) is 2.45. The fraction of sp³-hybridized carbons (Fsp3) is 0.400. The van der Waals surface area contributed by atoms with E-state index >= 15 is 0 Å². The van der Waals surface area contributed by atoms with Crippen LogP contribution >= 0.6 is 0 Å². The summed E-state index contributed by atoms with van der Waals surface area (Å²) in [6, 6.07) is 8.34. The van der Waals surface area contributed by atoms with E-state index in [2.05, 4.69) is 5.32 Å². The minimum absolute atomic E-state index is 0.204. The van der Waals surface area contributed by atoms with Gasteiger partial charge in [0.1, 0.15) is 0 Å². The molecule has 1 atom stereocenters. The second kappa shape index (κ2) is 5.45. The predicted molar refractivity (Wildman–Crippen MR) is 75.6 cm³/mol. The number of carbonyl (C=O) groups excluding carboxylic acids is 1. The van der Waals surface area contributed by atoms with Crippen LogP contribution in [0.2, 0.25) is 0 Å². The molecule has 0 saturated heterocycles. The van der Waals surface area contributed by atoms with Crippen molar-refractivity contribution in [2.75, 3.05) is 0 Å². The maximum Gasteiger partial charge on any atom is 0.309 e. The van der Waals surface area contributed by atoms with Crippen molar-refractivity contribution in [1.29, 1.82) is 0 Å². The highest BCUT2D eigenvalue weighted by atomic mass is 16.6. The number of allylic oxidation sites excluding steroid dienone is 1. The van der Waals surface area contributed by atoms with Crippen LogP contribution < -0.4 is 5.32 Å². The molecule has 5 heteroatoms. The Balaban J connectivity index is 2.19. The van der Waals surface area contributed by atoms with Gasteiger partial charge in [0.15, 0.2) is 0 Å². The van der Waals surface area contributed by atoms with Crippen LogP contribution in [0.4, 0.5) is 0 Å². The van der Waals surface area contributed by atoms with Crippen LogP contribution in [-0.4, -0.2) is 16.7 Å². The van der Waals surface area contributed by atoms with E-state index in [-0.39, 0.29) is 17.6 Å². The van der Waals surface area contributed by atoms with Gasteiger partial charge in [0.05, 0.1) is 5.70 Å². The van der Waals surface area contributed by atoms with E-state index in [1.165, 1.54) is 0 Å². The van der Waals surface area contributed by atoms with Gasteiger partial charge in [-0.3, -0.25) is 14.9 Å². The number of rotatable bonds is 4. The largest absolute Gasteiger partial charge is 0.379 e. The Kier molecular flexibility index (Phi) is 3.88. The van der Waals surface area contributed by atoms with E-state index < -0.39 is 11.0 Å². The van der Waals surface area contributed by atoms with Crippen molar-refractivity contribution in [2.24, 2.45) is 5.41 Å². The lowest BCUT2D eigenvalue weighted by atomic mass is 9.79.